The molecule has 1 atom stereocenters. The monoisotopic (exact) mass is 476 g/mol. The Hall–Kier alpha value is -3.85. The van der Waals surface area contributed by atoms with E-state index in [1.54, 1.807) is 36.5 Å². The van der Waals surface area contributed by atoms with Gasteiger partial charge in [-0.1, -0.05) is 23.5 Å². The van der Waals surface area contributed by atoms with Gasteiger partial charge in [-0.3, -0.25) is 19.5 Å². The molecule has 0 aliphatic carbocycles. The Labute approximate surface area is 199 Å². The van der Waals surface area contributed by atoms with Crippen molar-refractivity contribution in [2.24, 2.45) is 5.92 Å². The van der Waals surface area contributed by atoms with Gasteiger partial charge < -0.3 is 9.64 Å². The lowest BCUT2D eigenvalue weighted by Gasteiger charge is -2.23. The highest BCUT2D eigenvalue weighted by molar-refractivity contribution is 7.22. The molecule has 34 heavy (non-hydrogen) atoms. The predicted molar refractivity (Wildman–Crippen MR) is 128 cm³/mol. The van der Waals surface area contributed by atoms with E-state index in [9.17, 15) is 14.0 Å². The fourth-order valence-corrected chi connectivity index (χ4v) is 5.06. The average molecular weight is 477 g/mol. The van der Waals surface area contributed by atoms with Crippen LogP contribution in [-0.2, 0) is 16.1 Å². The molecule has 5 rings (SSSR count). The van der Waals surface area contributed by atoms with Gasteiger partial charge in [0.05, 0.1) is 24.3 Å². The molecule has 2 aromatic carbocycles. The molecule has 9 heteroatoms. The standard InChI is InChI=1S/C25H21FN4O3S/c1-33-20-5-2-6-21-23(20)28-25(34-21)30(14-16-4-3-11-27-13-16)24(32)17-12-22(31)29(15-17)19-9-7-18(26)8-10-19/h2-11,13,17H,12,14-15H2,1H3. The molecule has 3 heterocycles. The predicted octanol–water partition coefficient (Wildman–Crippen LogP) is 4.43. The van der Waals surface area contributed by atoms with Crippen LogP contribution in [0.5, 0.6) is 5.75 Å². The summed E-state index contributed by atoms with van der Waals surface area (Å²) in [7, 11) is 1.58. The van der Waals surface area contributed by atoms with Crippen molar-refractivity contribution in [3.8, 4) is 5.75 Å². The van der Waals surface area contributed by atoms with Crippen molar-refractivity contribution in [3.63, 3.8) is 0 Å². The number of para-hydroxylation sites is 1. The lowest BCUT2D eigenvalue weighted by Crippen LogP contribution is -2.37. The summed E-state index contributed by atoms with van der Waals surface area (Å²) in [5.74, 6) is -0.663. The first-order valence-electron chi connectivity index (χ1n) is 10.7. The number of hydrogen-bond donors (Lipinski definition) is 0. The molecule has 0 spiro atoms. The Bertz CT molecular complexity index is 1340. The summed E-state index contributed by atoms with van der Waals surface area (Å²) < 4.78 is 19.7. The summed E-state index contributed by atoms with van der Waals surface area (Å²) in [5, 5.41) is 0.529. The van der Waals surface area contributed by atoms with E-state index in [-0.39, 0.29) is 37.1 Å². The van der Waals surface area contributed by atoms with Crippen LogP contribution in [0.4, 0.5) is 15.2 Å². The number of pyridine rings is 1. The van der Waals surface area contributed by atoms with E-state index in [0.717, 1.165) is 10.3 Å². The maximum absolute atomic E-state index is 13.8. The Kier molecular flexibility index (Phi) is 5.93. The van der Waals surface area contributed by atoms with Crippen LogP contribution in [0.3, 0.4) is 0 Å². The molecule has 0 N–H and O–H groups in total. The zero-order chi connectivity index (χ0) is 23.7. The van der Waals surface area contributed by atoms with E-state index >= 15 is 0 Å². The van der Waals surface area contributed by atoms with Gasteiger partial charge in [0.15, 0.2) is 5.13 Å². The molecule has 2 amide bonds. The third kappa shape index (κ3) is 4.22. The lowest BCUT2D eigenvalue weighted by atomic mass is 10.1. The highest BCUT2D eigenvalue weighted by Crippen LogP contribution is 2.36. The number of fused-ring (bicyclic) bond motifs is 1. The van der Waals surface area contributed by atoms with Gasteiger partial charge in [-0.05, 0) is 48.0 Å². The van der Waals surface area contributed by atoms with Gasteiger partial charge in [-0.2, -0.15) is 0 Å². The van der Waals surface area contributed by atoms with Crippen molar-refractivity contribution in [1.82, 2.24) is 9.97 Å². The number of methoxy groups -OCH3 is 1. The van der Waals surface area contributed by atoms with Crippen molar-refractivity contribution in [1.29, 1.82) is 0 Å². The zero-order valence-corrected chi connectivity index (χ0v) is 19.2. The molecule has 0 saturated carbocycles. The second kappa shape index (κ2) is 9.18. The number of carbonyl (C=O) groups excluding carboxylic acids is 2. The third-order valence-electron chi connectivity index (χ3n) is 5.76. The van der Waals surface area contributed by atoms with Crippen LogP contribution in [0.15, 0.2) is 67.0 Å². The van der Waals surface area contributed by atoms with Crippen LogP contribution >= 0.6 is 11.3 Å². The maximum atomic E-state index is 13.8. The number of amides is 2. The van der Waals surface area contributed by atoms with E-state index in [1.807, 2.05) is 30.3 Å². The SMILES string of the molecule is COc1cccc2sc(N(Cc3cccnc3)C(=O)C3CC(=O)N(c4ccc(F)cc4)C3)nc12. The number of hydrogen-bond acceptors (Lipinski definition) is 6. The van der Waals surface area contributed by atoms with Crippen LogP contribution in [-0.4, -0.2) is 35.4 Å². The molecule has 1 unspecified atom stereocenters. The fraction of sp³-hybridized carbons (Fsp3) is 0.200. The van der Waals surface area contributed by atoms with E-state index in [4.69, 9.17) is 9.72 Å². The number of halogens is 1. The van der Waals surface area contributed by atoms with Crippen LogP contribution < -0.4 is 14.5 Å². The van der Waals surface area contributed by atoms with E-state index in [1.165, 1.54) is 28.4 Å². The zero-order valence-electron chi connectivity index (χ0n) is 18.3. The van der Waals surface area contributed by atoms with E-state index in [2.05, 4.69) is 4.98 Å². The minimum Gasteiger partial charge on any atom is -0.494 e. The summed E-state index contributed by atoms with van der Waals surface area (Å²) in [6.45, 7) is 0.497. The average Bonchev–Trinajstić information content (AvgIpc) is 3.47. The second-order valence-corrected chi connectivity index (χ2v) is 8.98. The number of benzene rings is 2. The summed E-state index contributed by atoms with van der Waals surface area (Å²) in [5.41, 5.74) is 2.11. The van der Waals surface area contributed by atoms with Gasteiger partial charge in [-0.15, -0.1) is 0 Å². The summed E-state index contributed by atoms with van der Waals surface area (Å²) in [4.78, 5) is 38.5. The normalized spacial score (nSPS) is 15.6. The molecule has 0 radical (unpaired) electrons. The minimum absolute atomic E-state index is 0.0773. The van der Waals surface area contributed by atoms with Crippen LogP contribution in [0, 0.1) is 11.7 Å². The molecule has 1 aliphatic rings. The number of anilines is 2. The van der Waals surface area contributed by atoms with Crippen molar-refractivity contribution >= 4 is 44.2 Å². The summed E-state index contributed by atoms with van der Waals surface area (Å²) in [6, 6.07) is 15.1. The van der Waals surface area contributed by atoms with E-state index in [0.29, 0.717) is 22.1 Å². The minimum atomic E-state index is -0.553. The summed E-state index contributed by atoms with van der Waals surface area (Å²) >= 11 is 1.39. The third-order valence-corrected chi connectivity index (χ3v) is 6.81. The van der Waals surface area contributed by atoms with Crippen LogP contribution in [0.25, 0.3) is 10.2 Å². The highest BCUT2D eigenvalue weighted by Gasteiger charge is 2.38. The topological polar surface area (TPSA) is 75.6 Å². The molecular weight excluding hydrogens is 455 g/mol. The molecule has 0 bridgehead atoms. The number of carbonyl (C=O) groups is 2. The molecule has 172 valence electrons. The highest BCUT2D eigenvalue weighted by atomic mass is 32.1. The van der Waals surface area contributed by atoms with Crippen molar-refractivity contribution in [2.75, 3.05) is 23.5 Å². The van der Waals surface area contributed by atoms with Gasteiger partial charge >= 0.3 is 0 Å². The van der Waals surface area contributed by atoms with Gasteiger partial charge in [0, 0.05) is 31.0 Å². The number of nitrogens with zero attached hydrogens (tertiary/aromatic N) is 4. The molecule has 4 aromatic rings. The lowest BCUT2D eigenvalue weighted by molar-refractivity contribution is -0.124. The largest absolute Gasteiger partial charge is 0.494 e. The first kappa shape index (κ1) is 22.0. The molecule has 1 aliphatic heterocycles. The second-order valence-electron chi connectivity index (χ2n) is 7.97. The van der Waals surface area contributed by atoms with E-state index < -0.39 is 5.92 Å². The first-order valence-corrected chi connectivity index (χ1v) is 11.5. The van der Waals surface area contributed by atoms with Crippen molar-refractivity contribution < 1.29 is 18.7 Å². The van der Waals surface area contributed by atoms with Crippen LogP contribution in [0.2, 0.25) is 0 Å². The van der Waals surface area contributed by atoms with Crippen molar-refractivity contribution in [2.45, 2.75) is 13.0 Å². The molecule has 1 saturated heterocycles. The van der Waals surface area contributed by atoms with Gasteiger partial charge in [0.1, 0.15) is 17.1 Å². The van der Waals surface area contributed by atoms with Gasteiger partial charge in [0.25, 0.3) is 0 Å². The maximum Gasteiger partial charge on any atom is 0.234 e. The molecule has 1 fully saturated rings. The van der Waals surface area contributed by atoms with Crippen LogP contribution in [0.1, 0.15) is 12.0 Å². The Morgan fingerprint density at radius 1 is 1.21 bits per heavy atom. The Morgan fingerprint density at radius 3 is 2.76 bits per heavy atom. The number of rotatable bonds is 6. The number of thiazole rings is 1. The van der Waals surface area contributed by atoms with Crippen molar-refractivity contribution in [3.05, 3.63) is 78.4 Å². The van der Waals surface area contributed by atoms with Gasteiger partial charge in [-0.25, -0.2) is 9.37 Å². The number of ether oxygens (including phenoxy) is 1. The molecule has 7 nitrogen and oxygen atoms in total. The molecular formula is C25H21FN4O3S. The fourth-order valence-electron chi connectivity index (χ4n) is 4.07. The molecule has 2 aromatic heterocycles. The van der Waals surface area contributed by atoms with Gasteiger partial charge in [0.2, 0.25) is 11.8 Å². The summed E-state index contributed by atoms with van der Waals surface area (Å²) in [6.07, 6.45) is 3.46. The smallest absolute Gasteiger partial charge is 0.234 e. The Morgan fingerprint density at radius 2 is 2.03 bits per heavy atom. The Balaban J connectivity index is 1.47. The quantitative estimate of drug-likeness (QED) is 0.412. The first-order chi connectivity index (χ1) is 16.5. The number of aromatic nitrogens is 2.